The molecule has 4 nitrogen and oxygen atoms in total. The van der Waals surface area contributed by atoms with Gasteiger partial charge in [0.25, 0.3) is 0 Å². The molecule has 0 unspecified atom stereocenters. The predicted octanol–water partition coefficient (Wildman–Crippen LogP) is 4.51. The third-order valence-corrected chi connectivity index (χ3v) is 5.26. The van der Waals surface area contributed by atoms with Crippen LogP contribution in [0.4, 0.5) is 4.79 Å². The summed E-state index contributed by atoms with van der Waals surface area (Å²) in [4.78, 5) is 14.3. The van der Waals surface area contributed by atoms with E-state index < -0.39 is 0 Å². The minimum atomic E-state index is -0.262. The molecule has 0 aromatic heterocycles. The molecule has 1 aliphatic heterocycles. The molecule has 0 fully saturated rings. The SMILES string of the molecule is NCc1ccccc1-c1cccc2c1CCN(C(=O)OCc1ccccc1)C2. The second-order valence-electron chi connectivity index (χ2n) is 7.02. The molecule has 1 amide bonds. The summed E-state index contributed by atoms with van der Waals surface area (Å²) in [7, 11) is 0. The summed E-state index contributed by atoms with van der Waals surface area (Å²) >= 11 is 0. The van der Waals surface area contributed by atoms with Crippen LogP contribution in [0.2, 0.25) is 0 Å². The summed E-state index contributed by atoms with van der Waals surface area (Å²) in [5.74, 6) is 0. The van der Waals surface area contributed by atoms with Gasteiger partial charge in [0.2, 0.25) is 0 Å². The molecule has 0 aliphatic carbocycles. The molecule has 1 aliphatic rings. The van der Waals surface area contributed by atoms with E-state index in [1.807, 2.05) is 42.5 Å². The van der Waals surface area contributed by atoms with E-state index in [2.05, 4.69) is 30.3 Å². The molecule has 0 atom stereocenters. The van der Waals surface area contributed by atoms with E-state index in [0.29, 0.717) is 26.2 Å². The van der Waals surface area contributed by atoms with Crippen LogP contribution in [-0.4, -0.2) is 17.5 Å². The average molecular weight is 372 g/mol. The van der Waals surface area contributed by atoms with Crippen molar-refractivity contribution in [3.05, 3.63) is 95.1 Å². The maximum atomic E-state index is 12.5. The molecule has 28 heavy (non-hydrogen) atoms. The standard InChI is InChI=1S/C24H24N2O2/c25-15-19-9-4-5-11-21(19)23-12-6-10-20-16-26(14-13-22(20)23)24(27)28-17-18-7-2-1-3-8-18/h1-12H,13-17,25H2. The smallest absolute Gasteiger partial charge is 0.410 e. The fourth-order valence-electron chi connectivity index (χ4n) is 3.79. The lowest BCUT2D eigenvalue weighted by atomic mass is 9.89. The number of nitrogens with two attached hydrogens (primary N) is 1. The lowest BCUT2D eigenvalue weighted by molar-refractivity contribution is 0.0919. The highest BCUT2D eigenvalue weighted by atomic mass is 16.6. The quantitative estimate of drug-likeness (QED) is 0.733. The van der Waals surface area contributed by atoms with Gasteiger partial charge in [-0.1, -0.05) is 72.8 Å². The fourth-order valence-corrected chi connectivity index (χ4v) is 3.79. The Balaban J connectivity index is 1.51. The zero-order valence-electron chi connectivity index (χ0n) is 15.8. The number of carbonyl (C=O) groups excluding carboxylic acids is 1. The molecule has 0 saturated carbocycles. The monoisotopic (exact) mass is 372 g/mol. The van der Waals surface area contributed by atoms with E-state index in [1.165, 1.54) is 22.3 Å². The molecule has 3 aromatic carbocycles. The number of amides is 1. The minimum absolute atomic E-state index is 0.262. The third kappa shape index (κ3) is 3.78. The van der Waals surface area contributed by atoms with Gasteiger partial charge in [0.15, 0.2) is 0 Å². The molecule has 0 radical (unpaired) electrons. The zero-order chi connectivity index (χ0) is 19.3. The molecule has 4 rings (SSSR count). The normalized spacial score (nSPS) is 13.1. The van der Waals surface area contributed by atoms with Crippen LogP contribution >= 0.6 is 0 Å². The summed E-state index contributed by atoms with van der Waals surface area (Å²) in [6, 6.07) is 24.3. The minimum Gasteiger partial charge on any atom is -0.445 e. The highest BCUT2D eigenvalue weighted by molar-refractivity contribution is 5.74. The Kier molecular flexibility index (Phi) is 5.40. The van der Waals surface area contributed by atoms with Gasteiger partial charge in [0.05, 0.1) is 0 Å². The summed E-state index contributed by atoms with van der Waals surface area (Å²) < 4.78 is 5.50. The van der Waals surface area contributed by atoms with Crippen LogP contribution in [0, 0.1) is 0 Å². The van der Waals surface area contributed by atoms with E-state index in [4.69, 9.17) is 10.5 Å². The van der Waals surface area contributed by atoms with Gasteiger partial charge in [0.1, 0.15) is 6.61 Å². The number of hydrogen-bond acceptors (Lipinski definition) is 3. The number of nitrogens with zero attached hydrogens (tertiary/aromatic N) is 1. The second kappa shape index (κ2) is 8.28. The maximum absolute atomic E-state index is 12.5. The van der Waals surface area contributed by atoms with Crippen molar-refractivity contribution in [1.29, 1.82) is 0 Å². The van der Waals surface area contributed by atoms with Gasteiger partial charge in [-0.05, 0) is 39.8 Å². The van der Waals surface area contributed by atoms with Crippen LogP contribution in [0.15, 0.2) is 72.8 Å². The van der Waals surface area contributed by atoms with Crippen LogP contribution in [0.5, 0.6) is 0 Å². The van der Waals surface area contributed by atoms with Crippen molar-refractivity contribution in [2.24, 2.45) is 5.73 Å². The van der Waals surface area contributed by atoms with Crippen LogP contribution in [-0.2, 0) is 30.9 Å². The van der Waals surface area contributed by atoms with E-state index in [-0.39, 0.29) is 6.09 Å². The van der Waals surface area contributed by atoms with Gasteiger partial charge in [-0.2, -0.15) is 0 Å². The molecule has 3 aromatic rings. The molecule has 142 valence electrons. The Morgan fingerprint density at radius 1 is 0.929 bits per heavy atom. The van der Waals surface area contributed by atoms with Gasteiger partial charge >= 0.3 is 6.09 Å². The first-order valence-electron chi connectivity index (χ1n) is 9.61. The molecule has 0 spiro atoms. The number of carbonyl (C=O) groups is 1. The molecular weight excluding hydrogens is 348 g/mol. The Bertz CT molecular complexity index is 969. The van der Waals surface area contributed by atoms with Gasteiger partial charge in [0, 0.05) is 19.6 Å². The van der Waals surface area contributed by atoms with Crippen molar-refractivity contribution in [3.63, 3.8) is 0 Å². The zero-order valence-corrected chi connectivity index (χ0v) is 15.8. The molecule has 0 saturated heterocycles. The molecular formula is C24H24N2O2. The van der Waals surface area contributed by atoms with Crippen LogP contribution in [0.1, 0.15) is 22.3 Å². The molecule has 4 heteroatoms. The lowest BCUT2D eigenvalue weighted by Crippen LogP contribution is -2.36. The van der Waals surface area contributed by atoms with E-state index in [1.54, 1.807) is 4.90 Å². The van der Waals surface area contributed by atoms with E-state index in [9.17, 15) is 4.79 Å². The second-order valence-corrected chi connectivity index (χ2v) is 7.02. The molecule has 2 N–H and O–H groups in total. The van der Waals surface area contributed by atoms with Crippen LogP contribution in [0.3, 0.4) is 0 Å². The first kappa shape index (κ1) is 18.3. The number of hydrogen-bond donors (Lipinski definition) is 1. The highest BCUT2D eigenvalue weighted by Gasteiger charge is 2.24. The Morgan fingerprint density at radius 2 is 1.68 bits per heavy atom. The van der Waals surface area contributed by atoms with Crippen molar-refractivity contribution in [1.82, 2.24) is 4.90 Å². The van der Waals surface area contributed by atoms with Gasteiger partial charge in [-0.3, -0.25) is 0 Å². The molecule has 0 bridgehead atoms. The van der Waals surface area contributed by atoms with E-state index >= 15 is 0 Å². The van der Waals surface area contributed by atoms with Gasteiger partial charge in [-0.25, -0.2) is 4.79 Å². The summed E-state index contributed by atoms with van der Waals surface area (Å²) in [5.41, 5.74) is 12.9. The van der Waals surface area contributed by atoms with Crippen LogP contribution in [0.25, 0.3) is 11.1 Å². The largest absolute Gasteiger partial charge is 0.445 e. The highest BCUT2D eigenvalue weighted by Crippen LogP contribution is 2.32. The number of ether oxygens (including phenoxy) is 1. The summed E-state index contributed by atoms with van der Waals surface area (Å²) in [5, 5.41) is 0. The summed E-state index contributed by atoms with van der Waals surface area (Å²) in [6.45, 7) is 2.04. The van der Waals surface area contributed by atoms with Gasteiger partial charge in [-0.15, -0.1) is 0 Å². The van der Waals surface area contributed by atoms with E-state index in [0.717, 1.165) is 17.5 Å². The Labute approximate surface area is 165 Å². The first-order chi connectivity index (χ1) is 13.8. The number of fused-ring (bicyclic) bond motifs is 1. The van der Waals surface area contributed by atoms with Crippen molar-refractivity contribution < 1.29 is 9.53 Å². The third-order valence-electron chi connectivity index (χ3n) is 5.26. The Morgan fingerprint density at radius 3 is 2.50 bits per heavy atom. The summed E-state index contributed by atoms with van der Waals surface area (Å²) in [6.07, 6.45) is 0.549. The van der Waals surface area contributed by atoms with Crippen molar-refractivity contribution in [3.8, 4) is 11.1 Å². The van der Waals surface area contributed by atoms with Crippen LogP contribution < -0.4 is 5.73 Å². The van der Waals surface area contributed by atoms with Crippen molar-refractivity contribution in [2.75, 3.05) is 6.54 Å². The average Bonchev–Trinajstić information content (AvgIpc) is 2.77. The number of benzene rings is 3. The number of rotatable bonds is 4. The lowest BCUT2D eigenvalue weighted by Gasteiger charge is -2.30. The fraction of sp³-hybridized carbons (Fsp3) is 0.208. The van der Waals surface area contributed by atoms with Crippen molar-refractivity contribution in [2.45, 2.75) is 26.1 Å². The Hall–Kier alpha value is -3.11. The van der Waals surface area contributed by atoms with Crippen molar-refractivity contribution >= 4 is 6.09 Å². The molecule has 1 heterocycles. The first-order valence-corrected chi connectivity index (χ1v) is 9.61. The van der Waals surface area contributed by atoms with Gasteiger partial charge < -0.3 is 15.4 Å². The maximum Gasteiger partial charge on any atom is 0.410 e. The predicted molar refractivity (Wildman–Crippen MR) is 111 cm³/mol. The topological polar surface area (TPSA) is 55.6 Å².